The first-order valence-corrected chi connectivity index (χ1v) is 17.5. The van der Waals surface area contributed by atoms with E-state index in [1.54, 1.807) is 0 Å². The summed E-state index contributed by atoms with van der Waals surface area (Å²) >= 11 is 0. The predicted octanol–water partition coefficient (Wildman–Crippen LogP) is 10.7. The lowest BCUT2D eigenvalue weighted by Crippen LogP contribution is -2.28. The number of hydrogen-bond acceptors (Lipinski definition) is 5. The van der Waals surface area contributed by atoms with Gasteiger partial charge in [-0.1, -0.05) is 136 Å². The molecule has 0 radical (unpaired) electrons. The number of aliphatic hydroxyl groups excluding tert-OH is 1. The van der Waals surface area contributed by atoms with Gasteiger partial charge in [-0.3, -0.25) is 9.59 Å². The van der Waals surface area contributed by atoms with Gasteiger partial charge in [0.05, 0.1) is 6.61 Å². The first-order chi connectivity index (χ1) is 22.6. The zero-order valence-electron chi connectivity index (χ0n) is 28.8. The highest BCUT2D eigenvalue weighted by Gasteiger charge is 2.16. The first kappa shape index (κ1) is 42.6. The minimum Gasteiger partial charge on any atom is -0.462 e. The standard InChI is InChI=1S/C41H62O5/c1-3-5-7-9-11-13-15-17-18-19-20-21-22-24-26-28-30-32-34-36-41(44)46-39(37-42)38-45-40(43)35-33-31-29-27-25-23-16-14-12-10-8-6-4-2/h5-8,10-14,16-18,20-21,23-26,39,42H,3-4,9,15,19,22,27-38H2,1-2H3/b7-5+,8-6+,12-10+,13-11+,16-14+,18-17+,21-20+,25-23+,26-24+. The molecule has 256 valence electrons. The third kappa shape index (κ3) is 33.5. The highest BCUT2D eigenvalue weighted by molar-refractivity contribution is 5.70. The SMILES string of the molecule is CC/C=C/C=C/C=C/C=C/CCCCCC(=O)OCC(CO)OC(=O)CCCCC/C=C/C/C=C/C/C=C/C/C=C/C/C=C/CC. The van der Waals surface area contributed by atoms with Gasteiger partial charge in [0.2, 0.25) is 0 Å². The fourth-order valence-electron chi connectivity index (χ4n) is 4.06. The quantitative estimate of drug-likeness (QED) is 0.0384. The van der Waals surface area contributed by atoms with Gasteiger partial charge < -0.3 is 14.6 Å². The number of esters is 2. The van der Waals surface area contributed by atoms with E-state index in [9.17, 15) is 14.7 Å². The van der Waals surface area contributed by atoms with Crippen LogP contribution in [0.5, 0.6) is 0 Å². The number of carbonyl (C=O) groups is 2. The van der Waals surface area contributed by atoms with Gasteiger partial charge in [-0.2, -0.15) is 0 Å². The molecular weight excluding hydrogens is 572 g/mol. The Hall–Kier alpha value is -3.44. The molecule has 46 heavy (non-hydrogen) atoms. The van der Waals surface area contributed by atoms with Crippen LogP contribution in [0.2, 0.25) is 0 Å². The van der Waals surface area contributed by atoms with Gasteiger partial charge >= 0.3 is 11.9 Å². The Balaban J connectivity index is 3.77. The van der Waals surface area contributed by atoms with Crippen LogP contribution in [-0.2, 0) is 19.1 Å². The molecule has 0 aromatic heterocycles. The lowest BCUT2D eigenvalue weighted by molar-refractivity contribution is -0.161. The molecular formula is C41H62O5. The van der Waals surface area contributed by atoms with Gasteiger partial charge in [-0.15, -0.1) is 0 Å². The summed E-state index contributed by atoms with van der Waals surface area (Å²) in [6.45, 7) is 3.78. The van der Waals surface area contributed by atoms with E-state index in [-0.39, 0.29) is 25.2 Å². The Morgan fingerprint density at radius 1 is 0.522 bits per heavy atom. The Kier molecular flexibility index (Phi) is 33.3. The van der Waals surface area contributed by atoms with Crippen molar-refractivity contribution < 1.29 is 24.2 Å². The third-order valence-corrected chi connectivity index (χ3v) is 6.66. The summed E-state index contributed by atoms with van der Waals surface area (Å²) in [5.41, 5.74) is 0. The van der Waals surface area contributed by atoms with Crippen molar-refractivity contribution in [2.24, 2.45) is 0 Å². The van der Waals surface area contributed by atoms with E-state index in [1.165, 1.54) is 0 Å². The largest absolute Gasteiger partial charge is 0.462 e. The van der Waals surface area contributed by atoms with Gasteiger partial charge in [-0.25, -0.2) is 0 Å². The molecule has 0 aliphatic carbocycles. The van der Waals surface area contributed by atoms with Gasteiger partial charge in [0, 0.05) is 12.8 Å². The molecule has 0 aromatic rings. The Morgan fingerprint density at radius 2 is 0.978 bits per heavy atom. The molecule has 0 spiro atoms. The average Bonchev–Trinajstić information content (AvgIpc) is 3.06. The van der Waals surface area contributed by atoms with Crippen LogP contribution in [0.3, 0.4) is 0 Å². The number of rotatable bonds is 29. The summed E-state index contributed by atoms with van der Waals surface area (Å²) < 4.78 is 10.5. The Labute approximate surface area is 280 Å². The maximum Gasteiger partial charge on any atom is 0.306 e. The molecule has 0 bridgehead atoms. The number of hydrogen-bond donors (Lipinski definition) is 1. The second-order valence-corrected chi connectivity index (χ2v) is 10.9. The molecule has 0 saturated heterocycles. The number of unbranched alkanes of at least 4 members (excludes halogenated alkanes) is 6. The van der Waals surface area contributed by atoms with Crippen molar-refractivity contribution in [1.82, 2.24) is 0 Å². The van der Waals surface area contributed by atoms with Crippen molar-refractivity contribution in [3.8, 4) is 0 Å². The fraction of sp³-hybridized carbons (Fsp3) is 0.512. The highest BCUT2D eigenvalue weighted by Crippen LogP contribution is 2.08. The number of allylic oxidation sites excluding steroid dienone is 18. The van der Waals surface area contributed by atoms with Crippen LogP contribution in [0, 0.1) is 0 Å². The van der Waals surface area contributed by atoms with Gasteiger partial charge in [0.15, 0.2) is 6.10 Å². The number of carbonyl (C=O) groups excluding carboxylic acids is 2. The maximum absolute atomic E-state index is 12.1. The zero-order valence-corrected chi connectivity index (χ0v) is 28.8. The normalized spacial score (nSPS) is 13.5. The van der Waals surface area contributed by atoms with Crippen LogP contribution in [0.15, 0.2) is 109 Å². The summed E-state index contributed by atoms with van der Waals surface area (Å²) in [5, 5.41) is 9.51. The molecule has 1 unspecified atom stereocenters. The molecule has 1 N–H and O–H groups in total. The van der Waals surface area contributed by atoms with E-state index in [0.717, 1.165) is 89.9 Å². The van der Waals surface area contributed by atoms with Crippen molar-refractivity contribution in [2.45, 2.75) is 123 Å². The first-order valence-electron chi connectivity index (χ1n) is 17.5. The molecule has 1 atom stereocenters. The summed E-state index contributed by atoms with van der Waals surface area (Å²) in [4.78, 5) is 24.1. The average molecular weight is 635 g/mol. The second-order valence-electron chi connectivity index (χ2n) is 10.9. The summed E-state index contributed by atoms with van der Waals surface area (Å²) in [5.74, 6) is -0.691. The molecule has 5 heteroatoms. The molecule has 0 rings (SSSR count). The molecule has 0 aromatic carbocycles. The van der Waals surface area contributed by atoms with Gasteiger partial charge in [0.1, 0.15) is 6.61 Å². The van der Waals surface area contributed by atoms with E-state index in [0.29, 0.717) is 12.8 Å². The highest BCUT2D eigenvalue weighted by atomic mass is 16.6. The lowest BCUT2D eigenvalue weighted by atomic mass is 10.1. The maximum atomic E-state index is 12.1. The monoisotopic (exact) mass is 634 g/mol. The van der Waals surface area contributed by atoms with Crippen LogP contribution >= 0.6 is 0 Å². The lowest BCUT2D eigenvalue weighted by Gasteiger charge is -2.15. The van der Waals surface area contributed by atoms with Crippen LogP contribution in [0.4, 0.5) is 0 Å². The molecule has 0 heterocycles. The van der Waals surface area contributed by atoms with E-state index >= 15 is 0 Å². The second kappa shape index (κ2) is 36.0. The van der Waals surface area contributed by atoms with Crippen LogP contribution in [0.1, 0.15) is 117 Å². The van der Waals surface area contributed by atoms with E-state index in [1.807, 2.05) is 36.5 Å². The number of aliphatic hydroxyl groups is 1. The van der Waals surface area contributed by atoms with Crippen molar-refractivity contribution in [1.29, 1.82) is 0 Å². The zero-order chi connectivity index (χ0) is 33.6. The predicted molar refractivity (Wildman–Crippen MR) is 195 cm³/mol. The van der Waals surface area contributed by atoms with E-state index < -0.39 is 6.10 Å². The summed E-state index contributed by atoms with van der Waals surface area (Å²) in [6.07, 6.45) is 51.4. The molecule has 0 aliphatic rings. The summed E-state index contributed by atoms with van der Waals surface area (Å²) in [7, 11) is 0. The van der Waals surface area contributed by atoms with E-state index in [4.69, 9.17) is 9.47 Å². The molecule has 0 amide bonds. The molecule has 0 saturated carbocycles. The van der Waals surface area contributed by atoms with Crippen LogP contribution < -0.4 is 0 Å². The van der Waals surface area contributed by atoms with Crippen molar-refractivity contribution in [3.05, 3.63) is 109 Å². The van der Waals surface area contributed by atoms with Crippen LogP contribution in [-0.4, -0.2) is 36.4 Å². The Bertz CT molecular complexity index is 990. The third-order valence-electron chi connectivity index (χ3n) is 6.66. The topological polar surface area (TPSA) is 72.8 Å². The minimum absolute atomic E-state index is 0.108. The minimum atomic E-state index is -0.812. The van der Waals surface area contributed by atoms with Gasteiger partial charge in [0.25, 0.3) is 0 Å². The van der Waals surface area contributed by atoms with E-state index in [2.05, 4.69) is 86.8 Å². The number of ether oxygens (including phenoxy) is 2. The Morgan fingerprint density at radius 3 is 1.52 bits per heavy atom. The molecule has 5 nitrogen and oxygen atoms in total. The smallest absolute Gasteiger partial charge is 0.306 e. The van der Waals surface area contributed by atoms with Gasteiger partial charge in [-0.05, 0) is 77.0 Å². The van der Waals surface area contributed by atoms with Crippen LogP contribution in [0.25, 0.3) is 0 Å². The molecule has 0 aliphatic heterocycles. The van der Waals surface area contributed by atoms with Crippen molar-refractivity contribution >= 4 is 11.9 Å². The van der Waals surface area contributed by atoms with Crippen molar-refractivity contribution in [3.63, 3.8) is 0 Å². The fourth-order valence-corrected chi connectivity index (χ4v) is 4.06. The summed E-state index contributed by atoms with van der Waals surface area (Å²) in [6, 6.07) is 0. The van der Waals surface area contributed by atoms with Crippen molar-refractivity contribution in [2.75, 3.05) is 13.2 Å². The molecule has 0 fully saturated rings.